The van der Waals surface area contributed by atoms with Crippen LogP contribution in [0.15, 0.2) is 0 Å². The van der Waals surface area contributed by atoms with Gasteiger partial charge in [0.25, 0.3) is 6.43 Å². The van der Waals surface area contributed by atoms with E-state index in [1.165, 1.54) is 5.56 Å². The molecule has 6 heteroatoms. The van der Waals surface area contributed by atoms with Crippen LogP contribution in [-0.2, 0) is 24.0 Å². The number of halogens is 2. The molecule has 1 aromatic heterocycles. The van der Waals surface area contributed by atoms with E-state index in [2.05, 4.69) is 15.3 Å². The van der Waals surface area contributed by atoms with Gasteiger partial charge in [0.2, 0.25) is 0 Å². The minimum absolute atomic E-state index is 0.228. The summed E-state index contributed by atoms with van der Waals surface area (Å²) < 4.78 is 28.6. The van der Waals surface area contributed by atoms with Crippen molar-refractivity contribution >= 4 is 5.82 Å². The zero-order valence-corrected chi connectivity index (χ0v) is 10.4. The topological polar surface area (TPSA) is 47.0 Å². The summed E-state index contributed by atoms with van der Waals surface area (Å²) in [5.41, 5.74) is 2.27. The number of nitrogens with zero attached hydrogens (tertiary/aromatic N) is 2. The second-order valence-electron chi connectivity index (χ2n) is 4.23. The molecule has 2 rings (SSSR count). The molecule has 0 amide bonds. The number of hydrogen-bond donors (Lipinski definition) is 1. The van der Waals surface area contributed by atoms with Crippen molar-refractivity contribution in [3.8, 4) is 0 Å². The molecule has 100 valence electrons. The maximum absolute atomic E-state index is 11.9. The van der Waals surface area contributed by atoms with E-state index >= 15 is 0 Å². The number of nitrogens with one attached hydrogen (secondary N) is 1. The fourth-order valence-corrected chi connectivity index (χ4v) is 2.14. The van der Waals surface area contributed by atoms with Gasteiger partial charge in [0.1, 0.15) is 18.2 Å². The summed E-state index contributed by atoms with van der Waals surface area (Å²) >= 11 is 0. The number of rotatable bonds is 6. The Morgan fingerprint density at radius 2 is 2.17 bits per heavy atom. The molecular weight excluding hydrogens is 240 g/mol. The highest BCUT2D eigenvalue weighted by Crippen LogP contribution is 2.25. The third-order valence-corrected chi connectivity index (χ3v) is 2.93. The summed E-state index contributed by atoms with van der Waals surface area (Å²) in [6.45, 7) is -0.296. The Labute approximate surface area is 105 Å². The molecule has 0 unspecified atom stereocenters. The number of fused-ring (bicyclic) bond motifs is 1. The van der Waals surface area contributed by atoms with Crippen molar-refractivity contribution in [2.75, 3.05) is 25.6 Å². The smallest absolute Gasteiger partial charge is 0.261 e. The molecule has 18 heavy (non-hydrogen) atoms. The SMILES string of the molecule is CNc1nc(CCOCC(F)F)nc2c1CCC2. The number of hydrogen-bond acceptors (Lipinski definition) is 4. The number of anilines is 1. The van der Waals surface area contributed by atoms with E-state index in [-0.39, 0.29) is 6.61 Å². The fraction of sp³-hybridized carbons (Fsp3) is 0.667. The molecule has 1 aromatic rings. The molecule has 0 saturated heterocycles. The predicted octanol–water partition coefficient (Wildman–Crippen LogP) is 1.83. The van der Waals surface area contributed by atoms with E-state index in [0.717, 1.165) is 30.8 Å². The summed E-state index contributed by atoms with van der Waals surface area (Å²) in [6, 6.07) is 0. The molecule has 1 aliphatic carbocycles. The molecule has 0 saturated carbocycles. The minimum atomic E-state index is -2.42. The van der Waals surface area contributed by atoms with Crippen LogP contribution >= 0.6 is 0 Å². The van der Waals surface area contributed by atoms with E-state index in [1.807, 2.05) is 7.05 Å². The van der Waals surface area contributed by atoms with Crippen molar-refractivity contribution in [1.29, 1.82) is 0 Å². The summed E-state index contributed by atoms with van der Waals surface area (Å²) in [4.78, 5) is 8.85. The lowest BCUT2D eigenvalue weighted by molar-refractivity contribution is 0.0183. The van der Waals surface area contributed by atoms with Crippen LogP contribution in [0.1, 0.15) is 23.5 Å². The van der Waals surface area contributed by atoms with Gasteiger partial charge in [-0.05, 0) is 19.3 Å². The Hall–Kier alpha value is -1.30. The van der Waals surface area contributed by atoms with E-state index in [9.17, 15) is 8.78 Å². The molecule has 1 heterocycles. The molecule has 0 aliphatic heterocycles. The molecule has 0 atom stereocenters. The quantitative estimate of drug-likeness (QED) is 0.790. The number of aryl methyl sites for hydroxylation is 1. The van der Waals surface area contributed by atoms with Crippen LogP contribution in [0.25, 0.3) is 0 Å². The van der Waals surface area contributed by atoms with Crippen molar-refractivity contribution in [2.45, 2.75) is 32.1 Å². The zero-order valence-electron chi connectivity index (χ0n) is 10.4. The van der Waals surface area contributed by atoms with Gasteiger partial charge in [-0.2, -0.15) is 0 Å². The monoisotopic (exact) mass is 257 g/mol. The van der Waals surface area contributed by atoms with Gasteiger partial charge in [-0.25, -0.2) is 18.7 Å². The molecule has 1 aliphatic rings. The predicted molar refractivity (Wildman–Crippen MR) is 64.1 cm³/mol. The van der Waals surface area contributed by atoms with Gasteiger partial charge in [-0.3, -0.25) is 0 Å². The molecule has 0 fully saturated rings. The standard InChI is InChI=1S/C12H17F2N3O/c1-15-12-8-3-2-4-9(8)16-11(17-12)5-6-18-7-10(13)14/h10H,2-7H2,1H3,(H,15,16,17). The number of alkyl halides is 2. The van der Waals surface area contributed by atoms with Crippen LogP contribution in [0.2, 0.25) is 0 Å². The van der Waals surface area contributed by atoms with Crippen molar-refractivity contribution in [2.24, 2.45) is 0 Å². The van der Waals surface area contributed by atoms with Gasteiger partial charge in [0, 0.05) is 24.7 Å². The Morgan fingerprint density at radius 3 is 2.89 bits per heavy atom. The van der Waals surface area contributed by atoms with Crippen LogP contribution < -0.4 is 5.32 Å². The first-order valence-corrected chi connectivity index (χ1v) is 6.13. The first kappa shape index (κ1) is 13.1. The molecule has 0 radical (unpaired) electrons. The molecule has 4 nitrogen and oxygen atoms in total. The van der Waals surface area contributed by atoms with Crippen LogP contribution in [0.5, 0.6) is 0 Å². The minimum Gasteiger partial charge on any atom is -0.375 e. The van der Waals surface area contributed by atoms with Crippen LogP contribution in [0.3, 0.4) is 0 Å². The molecule has 0 bridgehead atoms. The molecule has 0 aromatic carbocycles. The Balaban J connectivity index is 1.97. The highest BCUT2D eigenvalue weighted by atomic mass is 19.3. The Bertz CT molecular complexity index is 413. The first-order valence-electron chi connectivity index (χ1n) is 6.13. The Kier molecular flexibility index (Phi) is 4.41. The lowest BCUT2D eigenvalue weighted by Gasteiger charge is -2.09. The average Bonchev–Trinajstić information content (AvgIpc) is 2.81. The lowest BCUT2D eigenvalue weighted by Crippen LogP contribution is -2.11. The molecule has 1 N–H and O–H groups in total. The van der Waals surface area contributed by atoms with Crippen LogP contribution in [-0.4, -0.2) is 36.7 Å². The normalized spacial score (nSPS) is 14.0. The van der Waals surface area contributed by atoms with Gasteiger partial charge in [0.15, 0.2) is 0 Å². The third-order valence-electron chi connectivity index (χ3n) is 2.93. The Morgan fingerprint density at radius 1 is 1.33 bits per heavy atom. The maximum atomic E-state index is 11.9. The highest BCUT2D eigenvalue weighted by Gasteiger charge is 2.18. The van der Waals surface area contributed by atoms with Gasteiger partial charge < -0.3 is 10.1 Å². The van der Waals surface area contributed by atoms with E-state index < -0.39 is 13.0 Å². The summed E-state index contributed by atoms with van der Waals surface area (Å²) in [5.74, 6) is 1.52. The van der Waals surface area contributed by atoms with E-state index in [1.54, 1.807) is 0 Å². The van der Waals surface area contributed by atoms with Gasteiger partial charge in [-0.15, -0.1) is 0 Å². The number of ether oxygens (including phenoxy) is 1. The fourth-order valence-electron chi connectivity index (χ4n) is 2.14. The van der Waals surface area contributed by atoms with Crippen LogP contribution in [0.4, 0.5) is 14.6 Å². The zero-order chi connectivity index (χ0) is 13.0. The maximum Gasteiger partial charge on any atom is 0.261 e. The second-order valence-corrected chi connectivity index (χ2v) is 4.23. The van der Waals surface area contributed by atoms with Gasteiger partial charge in [-0.1, -0.05) is 0 Å². The molecule has 0 spiro atoms. The number of aromatic nitrogens is 2. The second kappa shape index (κ2) is 6.04. The summed E-state index contributed by atoms with van der Waals surface area (Å²) in [7, 11) is 1.83. The van der Waals surface area contributed by atoms with Crippen molar-refractivity contribution in [3.63, 3.8) is 0 Å². The largest absolute Gasteiger partial charge is 0.375 e. The van der Waals surface area contributed by atoms with Crippen LogP contribution in [0, 0.1) is 0 Å². The van der Waals surface area contributed by atoms with Crippen molar-refractivity contribution in [1.82, 2.24) is 9.97 Å². The van der Waals surface area contributed by atoms with E-state index in [0.29, 0.717) is 12.2 Å². The first-order chi connectivity index (χ1) is 8.70. The van der Waals surface area contributed by atoms with E-state index in [4.69, 9.17) is 4.74 Å². The lowest BCUT2D eigenvalue weighted by atomic mass is 10.2. The average molecular weight is 257 g/mol. The van der Waals surface area contributed by atoms with Crippen molar-refractivity contribution in [3.05, 3.63) is 17.1 Å². The third kappa shape index (κ3) is 3.13. The highest BCUT2D eigenvalue weighted by molar-refractivity contribution is 5.48. The van der Waals surface area contributed by atoms with Gasteiger partial charge >= 0.3 is 0 Å². The molecular formula is C12H17F2N3O. The van der Waals surface area contributed by atoms with Gasteiger partial charge in [0.05, 0.1) is 6.61 Å². The summed E-state index contributed by atoms with van der Waals surface area (Å²) in [5, 5.41) is 3.06. The summed E-state index contributed by atoms with van der Waals surface area (Å²) in [6.07, 6.45) is 1.13. The van der Waals surface area contributed by atoms with Crippen molar-refractivity contribution < 1.29 is 13.5 Å².